The minimum atomic E-state index is -0.889. The maximum Gasteiger partial charge on any atom is 0.308 e. The lowest BCUT2D eigenvalue weighted by Gasteiger charge is -2.63. The van der Waals surface area contributed by atoms with Gasteiger partial charge in [-0.3, -0.25) is 19.2 Å². The van der Waals surface area contributed by atoms with E-state index in [0.717, 1.165) is 17.6 Å². The Balaban J connectivity index is 1.65. The van der Waals surface area contributed by atoms with Gasteiger partial charge in [0.1, 0.15) is 18.0 Å². The van der Waals surface area contributed by atoms with Gasteiger partial charge in [0.15, 0.2) is 0 Å². The molecule has 8 nitrogen and oxygen atoms in total. The standard InChI is InChI=1S/C32H42O8/c1-8-17(2)29(36)40-28-20-13-19-21(32(6,26(20)35)23(30(28,3)4)15-24(33)37-7)9-11-31(5)22(19)14-25(34)39-27(31)18-10-12-38-16-18/h10,12-13,16-17,20-23,27-28H,8-9,11,14-15H2,1-7H3/t17-,20+,21-,22-,23-,27-,28+,31+,32+/m0/s1. The first-order valence-corrected chi connectivity index (χ1v) is 14.5. The largest absolute Gasteiger partial charge is 0.472 e. The van der Waals surface area contributed by atoms with E-state index in [9.17, 15) is 19.2 Å². The first-order chi connectivity index (χ1) is 18.8. The second-order valence-electron chi connectivity index (χ2n) is 13.4. The highest BCUT2D eigenvalue weighted by molar-refractivity contribution is 5.93. The molecule has 3 aliphatic carbocycles. The molecule has 218 valence electrons. The third-order valence-corrected chi connectivity index (χ3v) is 11.1. The van der Waals surface area contributed by atoms with Gasteiger partial charge in [-0.05, 0) is 43.1 Å². The number of hydrogen-bond acceptors (Lipinski definition) is 8. The molecule has 0 unspecified atom stereocenters. The minimum absolute atomic E-state index is 0.00445. The number of rotatable bonds is 6. The van der Waals surface area contributed by atoms with Crippen molar-refractivity contribution in [3.8, 4) is 0 Å². The van der Waals surface area contributed by atoms with Crippen LogP contribution in [0.4, 0.5) is 0 Å². The van der Waals surface area contributed by atoms with Gasteiger partial charge < -0.3 is 18.6 Å². The summed E-state index contributed by atoms with van der Waals surface area (Å²) in [5, 5.41) is 0. The Bertz CT molecular complexity index is 1230. The van der Waals surface area contributed by atoms with E-state index in [1.807, 2.05) is 46.8 Å². The lowest BCUT2D eigenvalue weighted by molar-refractivity contribution is -0.198. The van der Waals surface area contributed by atoms with Gasteiger partial charge in [0, 0.05) is 28.2 Å². The highest BCUT2D eigenvalue weighted by Gasteiger charge is 2.69. The zero-order valence-corrected chi connectivity index (χ0v) is 24.7. The normalized spacial score (nSPS) is 38.7. The zero-order valence-electron chi connectivity index (χ0n) is 24.7. The Kier molecular flexibility index (Phi) is 7.07. The summed E-state index contributed by atoms with van der Waals surface area (Å²) in [5.74, 6) is -2.73. The van der Waals surface area contributed by atoms with Crippen molar-refractivity contribution in [2.24, 2.45) is 45.8 Å². The monoisotopic (exact) mass is 554 g/mol. The Morgan fingerprint density at radius 1 is 1.15 bits per heavy atom. The highest BCUT2D eigenvalue weighted by atomic mass is 16.6. The van der Waals surface area contributed by atoms with Gasteiger partial charge in [0.2, 0.25) is 0 Å². The van der Waals surface area contributed by atoms with Crippen LogP contribution in [0.1, 0.15) is 85.3 Å². The smallest absolute Gasteiger partial charge is 0.308 e. The zero-order chi connectivity index (χ0) is 29.2. The van der Waals surface area contributed by atoms with Crippen molar-refractivity contribution in [1.82, 2.24) is 0 Å². The molecule has 1 aliphatic heterocycles. The fraction of sp³-hybridized carbons (Fsp3) is 0.688. The maximum atomic E-state index is 14.4. The van der Waals surface area contributed by atoms with Crippen molar-refractivity contribution in [2.45, 2.75) is 85.9 Å². The molecule has 0 radical (unpaired) electrons. The second-order valence-corrected chi connectivity index (χ2v) is 13.4. The van der Waals surface area contributed by atoms with Crippen LogP contribution in [0.5, 0.6) is 0 Å². The van der Waals surface area contributed by atoms with Crippen LogP contribution in [0.15, 0.2) is 34.7 Å². The molecule has 2 saturated carbocycles. The number of allylic oxidation sites excluding steroid dienone is 1. The molecule has 1 aromatic rings. The number of hydrogen-bond donors (Lipinski definition) is 0. The third kappa shape index (κ3) is 4.07. The van der Waals surface area contributed by atoms with E-state index in [1.165, 1.54) is 7.11 Å². The van der Waals surface area contributed by atoms with Crippen LogP contribution in [-0.2, 0) is 33.4 Å². The second kappa shape index (κ2) is 9.88. The number of furan rings is 1. The summed E-state index contributed by atoms with van der Waals surface area (Å²) in [6.45, 7) is 11.9. The average molecular weight is 555 g/mol. The number of methoxy groups -OCH3 is 1. The van der Waals surface area contributed by atoms with Crippen molar-refractivity contribution < 1.29 is 37.8 Å². The summed E-state index contributed by atoms with van der Waals surface area (Å²) in [4.78, 5) is 53.4. The number of ether oxygens (including phenoxy) is 3. The van der Waals surface area contributed by atoms with Crippen molar-refractivity contribution >= 4 is 23.7 Å². The van der Waals surface area contributed by atoms with Crippen molar-refractivity contribution in [3.05, 3.63) is 35.8 Å². The fourth-order valence-electron chi connectivity index (χ4n) is 8.56. The number of fused-ring (bicyclic) bond motifs is 6. The third-order valence-electron chi connectivity index (χ3n) is 11.1. The molecule has 1 aromatic heterocycles. The summed E-state index contributed by atoms with van der Waals surface area (Å²) in [6, 6.07) is 1.84. The summed E-state index contributed by atoms with van der Waals surface area (Å²) >= 11 is 0. The van der Waals surface area contributed by atoms with E-state index in [4.69, 9.17) is 18.6 Å². The van der Waals surface area contributed by atoms with Crippen LogP contribution in [0.3, 0.4) is 0 Å². The fourth-order valence-corrected chi connectivity index (χ4v) is 8.56. The van der Waals surface area contributed by atoms with Gasteiger partial charge >= 0.3 is 17.9 Å². The van der Waals surface area contributed by atoms with E-state index in [0.29, 0.717) is 12.8 Å². The van der Waals surface area contributed by atoms with E-state index in [2.05, 4.69) is 6.92 Å². The molecule has 2 bridgehead atoms. The number of carbonyl (C=O) groups is 4. The first kappa shape index (κ1) is 28.6. The number of ketones is 1. The SMILES string of the molecule is CC[C@H](C)C(=O)O[C@@H]1[C@@H]2C=C3[C@@H]4CC(=O)O[C@@H](c5ccoc5)[C@]4(C)CC[C@@H]3[C@@](C)(C2=O)[C@@H](CC(=O)OC)C1(C)C. The Hall–Kier alpha value is -2.90. The molecule has 5 rings (SSSR count). The number of cyclic esters (lactones) is 1. The molecule has 40 heavy (non-hydrogen) atoms. The summed E-state index contributed by atoms with van der Waals surface area (Å²) in [6.07, 6.45) is 6.36. The molecule has 8 heteroatoms. The molecule has 3 fully saturated rings. The Morgan fingerprint density at radius 2 is 1.88 bits per heavy atom. The van der Waals surface area contributed by atoms with Gasteiger partial charge in [0.05, 0.1) is 37.9 Å². The number of esters is 3. The predicted molar refractivity (Wildman–Crippen MR) is 144 cm³/mol. The molecule has 0 aromatic carbocycles. The molecule has 0 spiro atoms. The average Bonchev–Trinajstić information content (AvgIpc) is 3.45. The topological polar surface area (TPSA) is 109 Å². The van der Waals surface area contributed by atoms with Gasteiger partial charge in [-0.25, -0.2) is 0 Å². The van der Waals surface area contributed by atoms with E-state index in [1.54, 1.807) is 12.5 Å². The van der Waals surface area contributed by atoms with E-state index in [-0.39, 0.29) is 48.3 Å². The molecular weight excluding hydrogens is 512 g/mol. The molecule has 0 N–H and O–H groups in total. The van der Waals surface area contributed by atoms with Crippen molar-refractivity contribution in [2.75, 3.05) is 7.11 Å². The van der Waals surface area contributed by atoms with Gasteiger partial charge in [-0.15, -0.1) is 0 Å². The number of carbonyl (C=O) groups excluding carboxylic acids is 4. The first-order valence-electron chi connectivity index (χ1n) is 14.5. The minimum Gasteiger partial charge on any atom is -0.472 e. The van der Waals surface area contributed by atoms with Crippen molar-refractivity contribution in [1.29, 1.82) is 0 Å². The highest BCUT2D eigenvalue weighted by Crippen LogP contribution is 2.68. The van der Waals surface area contributed by atoms with E-state index >= 15 is 0 Å². The summed E-state index contributed by atoms with van der Waals surface area (Å²) < 4.78 is 22.6. The summed E-state index contributed by atoms with van der Waals surface area (Å²) in [5.41, 5.74) is -0.0944. The van der Waals surface area contributed by atoms with E-state index < -0.39 is 46.3 Å². The van der Waals surface area contributed by atoms with Gasteiger partial charge in [-0.1, -0.05) is 53.2 Å². The molecular formula is C32H42O8. The van der Waals surface area contributed by atoms with Crippen LogP contribution < -0.4 is 0 Å². The molecule has 9 atom stereocenters. The lowest BCUT2D eigenvalue weighted by atomic mass is 9.40. The van der Waals surface area contributed by atoms with Crippen LogP contribution in [0.2, 0.25) is 0 Å². The van der Waals surface area contributed by atoms with Crippen LogP contribution >= 0.6 is 0 Å². The maximum absolute atomic E-state index is 14.4. The van der Waals surface area contributed by atoms with Crippen molar-refractivity contribution in [3.63, 3.8) is 0 Å². The van der Waals surface area contributed by atoms with Crippen LogP contribution in [-0.4, -0.2) is 36.9 Å². The quantitative estimate of drug-likeness (QED) is 0.254. The molecule has 0 amide bonds. The molecule has 2 heterocycles. The van der Waals surface area contributed by atoms with Gasteiger partial charge in [-0.2, -0.15) is 0 Å². The Morgan fingerprint density at radius 3 is 2.50 bits per heavy atom. The lowest BCUT2D eigenvalue weighted by Crippen LogP contribution is -2.66. The Labute approximate surface area is 236 Å². The van der Waals surface area contributed by atoms with Gasteiger partial charge in [0.25, 0.3) is 0 Å². The summed E-state index contributed by atoms with van der Waals surface area (Å²) in [7, 11) is 1.35. The molecule has 1 saturated heterocycles. The number of Topliss-reactive ketones (excluding diaryl/α,β-unsaturated/α-hetero) is 1. The molecule has 4 aliphatic rings. The van der Waals surface area contributed by atoms with Crippen LogP contribution in [0.25, 0.3) is 0 Å². The van der Waals surface area contributed by atoms with Crippen LogP contribution in [0, 0.1) is 45.8 Å². The predicted octanol–water partition coefficient (Wildman–Crippen LogP) is 5.61.